The molecular weight excluding hydrogens is 294 g/mol. The molecule has 0 aliphatic heterocycles. The van der Waals surface area contributed by atoms with Crippen molar-refractivity contribution in [1.82, 2.24) is 14.5 Å². The van der Waals surface area contributed by atoms with Crippen LogP contribution in [0.3, 0.4) is 0 Å². The third kappa shape index (κ3) is 2.30. The number of aromatic amines is 1. The van der Waals surface area contributed by atoms with Gasteiger partial charge >= 0.3 is 5.69 Å². The Morgan fingerprint density at radius 3 is 2.94 bits per heavy atom. The van der Waals surface area contributed by atoms with Crippen molar-refractivity contribution in [3.63, 3.8) is 0 Å². The van der Waals surface area contributed by atoms with Crippen LogP contribution in [0, 0.1) is 6.92 Å². The van der Waals surface area contributed by atoms with Crippen LogP contribution in [0.5, 0.6) is 0 Å². The molecule has 0 aliphatic carbocycles. The standard InChI is InChI=1S/C9H8BrN3O2S/c1-5-4-16-7(11-5)3-13-2-6(10)8(14)12-9(13)15/h2,4H,3H2,1H3,(H,12,14,15). The summed E-state index contributed by atoms with van der Waals surface area (Å²) in [6.07, 6.45) is 1.47. The van der Waals surface area contributed by atoms with E-state index in [0.717, 1.165) is 10.7 Å². The van der Waals surface area contributed by atoms with Gasteiger partial charge < -0.3 is 0 Å². The van der Waals surface area contributed by atoms with E-state index in [4.69, 9.17) is 0 Å². The fourth-order valence-corrected chi connectivity index (χ4v) is 2.34. The lowest BCUT2D eigenvalue weighted by Gasteiger charge is -2.01. The Balaban J connectivity index is 2.39. The highest BCUT2D eigenvalue weighted by Crippen LogP contribution is 2.09. The van der Waals surface area contributed by atoms with E-state index in [0.29, 0.717) is 11.0 Å². The topological polar surface area (TPSA) is 67.8 Å². The molecule has 0 atom stereocenters. The lowest BCUT2D eigenvalue weighted by atomic mass is 10.5. The van der Waals surface area contributed by atoms with Crippen LogP contribution in [0.15, 0.2) is 25.6 Å². The zero-order valence-electron chi connectivity index (χ0n) is 8.36. The minimum absolute atomic E-state index is 0.334. The summed E-state index contributed by atoms with van der Waals surface area (Å²) in [4.78, 5) is 29.1. The van der Waals surface area contributed by atoms with Gasteiger partial charge in [-0.05, 0) is 22.9 Å². The number of hydrogen-bond acceptors (Lipinski definition) is 4. The molecule has 84 valence electrons. The van der Waals surface area contributed by atoms with Gasteiger partial charge in [0.25, 0.3) is 5.56 Å². The normalized spacial score (nSPS) is 10.6. The molecule has 2 rings (SSSR count). The zero-order valence-corrected chi connectivity index (χ0v) is 10.8. The molecule has 7 heteroatoms. The number of H-pyrrole nitrogens is 1. The average molecular weight is 302 g/mol. The zero-order chi connectivity index (χ0) is 11.7. The number of aryl methyl sites for hydroxylation is 1. The number of nitrogens with zero attached hydrogens (tertiary/aromatic N) is 2. The third-order valence-electron chi connectivity index (χ3n) is 1.94. The van der Waals surface area contributed by atoms with E-state index in [9.17, 15) is 9.59 Å². The number of hydrogen-bond donors (Lipinski definition) is 1. The molecule has 0 radical (unpaired) electrons. The maximum Gasteiger partial charge on any atom is 0.328 e. The van der Waals surface area contributed by atoms with Crippen LogP contribution in [0.4, 0.5) is 0 Å². The van der Waals surface area contributed by atoms with Crippen molar-refractivity contribution < 1.29 is 0 Å². The molecule has 0 saturated heterocycles. The van der Waals surface area contributed by atoms with Crippen LogP contribution < -0.4 is 11.2 Å². The van der Waals surface area contributed by atoms with E-state index < -0.39 is 11.2 Å². The number of aromatic nitrogens is 3. The first-order valence-corrected chi connectivity index (χ1v) is 6.14. The van der Waals surface area contributed by atoms with Gasteiger partial charge in [0.1, 0.15) is 5.01 Å². The van der Waals surface area contributed by atoms with Gasteiger partial charge in [-0.3, -0.25) is 14.3 Å². The van der Waals surface area contributed by atoms with Crippen LogP contribution in [-0.2, 0) is 6.54 Å². The molecule has 16 heavy (non-hydrogen) atoms. The Kier molecular flexibility index (Phi) is 3.06. The van der Waals surface area contributed by atoms with Gasteiger partial charge in [0.05, 0.1) is 11.0 Å². The van der Waals surface area contributed by atoms with Crippen molar-refractivity contribution in [2.45, 2.75) is 13.5 Å². The largest absolute Gasteiger partial charge is 0.328 e. The summed E-state index contributed by atoms with van der Waals surface area (Å²) in [6.45, 7) is 2.26. The Labute approximate surface area is 103 Å². The quantitative estimate of drug-likeness (QED) is 0.903. The maximum atomic E-state index is 11.5. The van der Waals surface area contributed by atoms with Gasteiger partial charge in [0.15, 0.2) is 0 Å². The lowest BCUT2D eigenvalue weighted by molar-refractivity contribution is 0.711. The first kappa shape index (κ1) is 11.3. The summed E-state index contributed by atoms with van der Waals surface area (Å²) >= 11 is 4.56. The molecule has 2 aromatic rings. The predicted octanol–water partition coefficient (Wildman–Crippen LogP) is 1.11. The van der Waals surface area contributed by atoms with Gasteiger partial charge in [-0.25, -0.2) is 9.78 Å². The minimum atomic E-state index is -0.430. The van der Waals surface area contributed by atoms with Crippen molar-refractivity contribution in [2.24, 2.45) is 0 Å². The van der Waals surface area contributed by atoms with Gasteiger partial charge in [0.2, 0.25) is 0 Å². The molecule has 0 spiro atoms. The number of thiazole rings is 1. The van der Waals surface area contributed by atoms with Crippen molar-refractivity contribution in [3.05, 3.63) is 47.6 Å². The molecule has 2 aromatic heterocycles. The summed E-state index contributed by atoms with van der Waals surface area (Å²) in [6, 6.07) is 0. The third-order valence-corrected chi connectivity index (χ3v) is 3.46. The maximum absolute atomic E-state index is 11.5. The molecular formula is C9H8BrN3O2S. The highest BCUT2D eigenvalue weighted by atomic mass is 79.9. The molecule has 1 N–H and O–H groups in total. The Morgan fingerprint density at radius 2 is 2.31 bits per heavy atom. The van der Waals surface area contributed by atoms with Gasteiger partial charge in [-0.1, -0.05) is 0 Å². The van der Waals surface area contributed by atoms with E-state index in [1.54, 1.807) is 0 Å². The summed E-state index contributed by atoms with van der Waals surface area (Å²) < 4.78 is 1.74. The second-order valence-corrected chi connectivity index (χ2v) is 5.04. The molecule has 0 saturated carbocycles. The monoisotopic (exact) mass is 301 g/mol. The SMILES string of the molecule is Cc1csc(Cn2cc(Br)c(=O)[nH]c2=O)n1. The first-order chi connectivity index (χ1) is 7.56. The molecule has 0 aromatic carbocycles. The van der Waals surface area contributed by atoms with Crippen molar-refractivity contribution in [1.29, 1.82) is 0 Å². The fourth-order valence-electron chi connectivity index (χ4n) is 1.22. The molecule has 0 amide bonds. The predicted molar refractivity (Wildman–Crippen MR) is 65.0 cm³/mol. The molecule has 0 fully saturated rings. The summed E-state index contributed by atoms with van der Waals surface area (Å²) in [5.41, 5.74) is 0.0779. The van der Waals surface area contributed by atoms with Crippen LogP contribution in [0.1, 0.15) is 10.7 Å². The molecule has 5 nitrogen and oxygen atoms in total. The van der Waals surface area contributed by atoms with E-state index in [2.05, 4.69) is 25.9 Å². The fraction of sp³-hybridized carbons (Fsp3) is 0.222. The van der Waals surface area contributed by atoms with Crippen molar-refractivity contribution in [2.75, 3.05) is 0 Å². The Hall–Kier alpha value is -1.21. The second-order valence-electron chi connectivity index (χ2n) is 3.25. The van der Waals surface area contributed by atoms with Gasteiger partial charge in [-0.2, -0.15) is 0 Å². The number of halogens is 1. The Bertz CT molecular complexity index is 628. The van der Waals surface area contributed by atoms with Crippen molar-refractivity contribution >= 4 is 27.3 Å². The highest BCUT2D eigenvalue weighted by Gasteiger charge is 2.04. The number of rotatable bonds is 2. The lowest BCUT2D eigenvalue weighted by Crippen LogP contribution is -2.30. The van der Waals surface area contributed by atoms with Crippen LogP contribution in [0.2, 0.25) is 0 Å². The van der Waals surface area contributed by atoms with E-state index >= 15 is 0 Å². The highest BCUT2D eigenvalue weighted by molar-refractivity contribution is 9.10. The van der Waals surface area contributed by atoms with E-state index in [1.165, 1.54) is 22.1 Å². The average Bonchev–Trinajstić information content (AvgIpc) is 2.60. The molecule has 0 bridgehead atoms. The van der Waals surface area contributed by atoms with E-state index in [-0.39, 0.29) is 0 Å². The van der Waals surface area contributed by atoms with Gasteiger partial charge in [-0.15, -0.1) is 11.3 Å². The second kappa shape index (κ2) is 4.34. The van der Waals surface area contributed by atoms with Crippen LogP contribution in [-0.4, -0.2) is 14.5 Å². The van der Waals surface area contributed by atoms with Gasteiger partial charge in [0, 0.05) is 17.3 Å². The van der Waals surface area contributed by atoms with Crippen LogP contribution in [0.25, 0.3) is 0 Å². The number of nitrogens with one attached hydrogen (secondary N) is 1. The molecule has 0 aliphatic rings. The summed E-state index contributed by atoms with van der Waals surface area (Å²) in [7, 11) is 0. The smallest absolute Gasteiger partial charge is 0.293 e. The first-order valence-electron chi connectivity index (χ1n) is 4.46. The molecule has 2 heterocycles. The Morgan fingerprint density at radius 1 is 1.56 bits per heavy atom. The van der Waals surface area contributed by atoms with E-state index in [1.807, 2.05) is 12.3 Å². The summed E-state index contributed by atoms with van der Waals surface area (Å²) in [5, 5.41) is 2.75. The summed E-state index contributed by atoms with van der Waals surface area (Å²) in [5.74, 6) is 0. The minimum Gasteiger partial charge on any atom is -0.293 e. The van der Waals surface area contributed by atoms with Crippen molar-refractivity contribution in [3.8, 4) is 0 Å². The molecule has 0 unspecified atom stereocenters. The van der Waals surface area contributed by atoms with Crippen LogP contribution >= 0.6 is 27.3 Å².